The summed E-state index contributed by atoms with van der Waals surface area (Å²) in [6.07, 6.45) is -0.645. The van der Waals surface area contributed by atoms with Gasteiger partial charge in [-0.2, -0.15) is 0 Å². The fourth-order valence-electron chi connectivity index (χ4n) is 0.919. The molecule has 0 aliphatic heterocycles. The van der Waals surface area contributed by atoms with Crippen molar-refractivity contribution in [3.63, 3.8) is 0 Å². The normalized spacial score (nSPS) is 11.9. The fraction of sp³-hybridized carbons (Fsp3) is 0.700. The first-order valence-electron chi connectivity index (χ1n) is 5.02. The lowest BCUT2D eigenvalue weighted by Crippen LogP contribution is -2.11. The average molecular weight is 250 g/mol. The van der Waals surface area contributed by atoms with Crippen molar-refractivity contribution < 1.29 is 23.1 Å². The number of rotatable bonds is 6. The van der Waals surface area contributed by atoms with Crippen molar-refractivity contribution in [3.05, 3.63) is 12.1 Å². The van der Waals surface area contributed by atoms with Gasteiger partial charge in [0, 0.05) is 6.92 Å². The molecule has 0 aliphatic rings. The van der Waals surface area contributed by atoms with E-state index in [4.69, 9.17) is 9.05 Å². The summed E-state index contributed by atoms with van der Waals surface area (Å²) < 4.78 is 27.3. The third-order valence-corrected chi connectivity index (χ3v) is 3.37. The molecule has 0 fully saturated rings. The molecule has 0 rings (SSSR count). The first kappa shape index (κ1) is 15.4. The highest BCUT2D eigenvalue weighted by atomic mass is 31.2. The molecule has 0 aromatic rings. The van der Waals surface area contributed by atoms with Gasteiger partial charge in [0.2, 0.25) is 5.50 Å². The molecule has 0 radical (unpaired) electrons. The van der Waals surface area contributed by atoms with Crippen LogP contribution in [0.5, 0.6) is 0 Å². The predicted molar refractivity (Wildman–Crippen MR) is 61.0 cm³/mol. The minimum absolute atomic E-state index is 0.276. The van der Waals surface area contributed by atoms with Crippen LogP contribution in [-0.2, 0) is 23.1 Å². The zero-order chi connectivity index (χ0) is 12.9. The van der Waals surface area contributed by atoms with Crippen molar-refractivity contribution in [1.29, 1.82) is 0 Å². The topological polar surface area (TPSA) is 61.8 Å². The zero-order valence-corrected chi connectivity index (χ0v) is 11.2. The van der Waals surface area contributed by atoms with Crippen LogP contribution >= 0.6 is 7.60 Å². The Bertz CT molecular complexity index is 294. The molecule has 0 aromatic heterocycles. The molecule has 0 amide bonds. The molecule has 0 unspecified atom stereocenters. The van der Waals surface area contributed by atoms with Crippen LogP contribution in [0.3, 0.4) is 0 Å². The lowest BCUT2D eigenvalue weighted by Gasteiger charge is -2.23. The summed E-state index contributed by atoms with van der Waals surface area (Å²) in [6, 6.07) is 0. The van der Waals surface area contributed by atoms with E-state index in [9.17, 15) is 9.36 Å². The first-order chi connectivity index (χ1) is 7.17. The minimum Gasteiger partial charge on any atom is -0.419 e. The lowest BCUT2D eigenvalue weighted by molar-refractivity contribution is -0.136. The molecule has 0 spiro atoms. The second-order valence-electron chi connectivity index (χ2n) is 3.79. The maximum atomic E-state index is 12.2. The molecule has 0 bridgehead atoms. The van der Waals surface area contributed by atoms with E-state index < -0.39 is 13.6 Å². The van der Waals surface area contributed by atoms with E-state index in [1.807, 2.05) is 0 Å². The molecule has 0 aliphatic carbocycles. The van der Waals surface area contributed by atoms with Crippen molar-refractivity contribution in [2.24, 2.45) is 0 Å². The lowest BCUT2D eigenvalue weighted by atomic mass is 10.5. The van der Waals surface area contributed by atoms with Gasteiger partial charge in [-0.25, -0.2) is 0 Å². The third kappa shape index (κ3) is 5.45. The first-order valence-corrected chi connectivity index (χ1v) is 6.56. The van der Waals surface area contributed by atoms with E-state index in [0.29, 0.717) is 0 Å². The molecule has 0 saturated carbocycles. The molecule has 0 aromatic carbocycles. The highest BCUT2D eigenvalue weighted by molar-refractivity contribution is 7.58. The zero-order valence-electron chi connectivity index (χ0n) is 10.4. The highest BCUT2D eigenvalue weighted by Gasteiger charge is 2.34. The fourth-order valence-corrected chi connectivity index (χ4v) is 2.55. The average Bonchev–Trinajstić information content (AvgIpc) is 1.98. The minimum atomic E-state index is -3.61. The van der Waals surface area contributed by atoms with Crippen molar-refractivity contribution in [2.75, 3.05) is 0 Å². The van der Waals surface area contributed by atoms with Crippen LogP contribution in [0.2, 0.25) is 0 Å². The largest absolute Gasteiger partial charge is 0.419 e. The number of hydrogen-bond donors (Lipinski definition) is 0. The second kappa shape index (κ2) is 6.18. The van der Waals surface area contributed by atoms with E-state index in [1.165, 1.54) is 6.92 Å². The number of carbonyl (C=O) groups excluding carboxylic acids is 1. The van der Waals surface area contributed by atoms with E-state index in [2.05, 4.69) is 11.3 Å². The van der Waals surface area contributed by atoms with Crippen LogP contribution in [0.15, 0.2) is 12.1 Å². The molecule has 0 heterocycles. The van der Waals surface area contributed by atoms with E-state index in [1.54, 1.807) is 27.7 Å². The summed E-state index contributed by atoms with van der Waals surface area (Å²) in [5.41, 5.74) is -0.276. The Morgan fingerprint density at radius 1 is 1.12 bits per heavy atom. The summed E-state index contributed by atoms with van der Waals surface area (Å²) in [7, 11) is -3.61. The third-order valence-electron chi connectivity index (χ3n) is 1.27. The van der Waals surface area contributed by atoms with Crippen LogP contribution < -0.4 is 0 Å². The molecule has 0 N–H and O–H groups in total. The van der Waals surface area contributed by atoms with Gasteiger partial charge in [-0.3, -0.25) is 9.36 Å². The van der Waals surface area contributed by atoms with Crippen molar-refractivity contribution in [2.45, 2.75) is 46.8 Å². The predicted octanol–water partition coefficient (Wildman–Crippen LogP) is 3.06. The SMILES string of the molecule is C=C(OC(C)=O)P(=O)(OC(C)C)OC(C)C. The quantitative estimate of drug-likeness (QED) is 0.412. The molecule has 6 heteroatoms. The Labute approximate surface area is 96.3 Å². The van der Waals surface area contributed by atoms with E-state index >= 15 is 0 Å². The van der Waals surface area contributed by atoms with Gasteiger partial charge in [-0.1, -0.05) is 0 Å². The molecule has 5 nitrogen and oxygen atoms in total. The number of esters is 1. The van der Waals surface area contributed by atoms with Gasteiger partial charge in [-0.15, -0.1) is 0 Å². The summed E-state index contributed by atoms with van der Waals surface area (Å²) >= 11 is 0. The van der Waals surface area contributed by atoms with Gasteiger partial charge in [0.15, 0.2) is 0 Å². The Morgan fingerprint density at radius 2 is 1.50 bits per heavy atom. The van der Waals surface area contributed by atoms with Crippen LogP contribution in [0.1, 0.15) is 34.6 Å². The highest BCUT2D eigenvalue weighted by Crippen LogP contribution is 2.57. The van der Waals surface area contributed by atoms with Crippen LogP contribution in [0.4, 0.5) is 0 Å². The van der Waals surface area contributed by atoms with Crippen molar-refractivity contribution in [1.82, 2.24) is 0 Å². The van der Waals surface area contributed by atoms with Crippen LogP contribution in [0, 0.1) is 0 Å². The summed E-state index contributed by atoms with van der Waals surface area (Å²) in [5, 5.41) is 0. The number of carbonyl (C=O) groups is 1. The van der Waals surface area contributed by atoms with Gasteiger partial charge in [-0.05, 0) is 34.3 Å². The maximum absolute atomic E-state index is 12.2. The van der Waals surface area contributed by atoms with Gasteiger partial charge >= 0.3 is 13.6 Å². The van der Waals surface area contributed by atoms with E-state index in [-0.39, 0.29) is 17.7 Å². The number of hydrogen-bond acceptors (Lipinski definition) is 5. The molecule has 0 atom stereocenters. The molecular formula is C10H19O5P. The monoisotopic (exact) mass is 250 g/mol. The second-order valence-corrected chi connectivity index (χ2v) is 5.71. The summed E-state index contributed by atoms with van der Waals surface area (Å²) in [5.74, 6) is -0.607. The van der Waals surface area contributed by atoms with Gasteiger partial charge < -0.3 is 13.8 Å². The molecule has 16 heavy (non-hydrogen) atoms. The Kier molecular flexibility index (Phi) is 5.94. The Morgan fingerprint density at radius 3 is 1.75 bits per heavy atom. The molecule has 94 valence electrons. The number of ether oxygens (including phenoxy) is 1. The molecular weight excluding hydrogens is 231 g/mol. The standard InChI is InChI=1S/C10H19O5P/c1-7(2)14-16(12,15-8(3)4)10(6)13-9(5)11/h7-8H,6H2,1-5H3. The Balaban J connectivity index is 4.84. The van der Waals surface area contributed by atoms with Crippen molar-refractivity contribution >= 4 is 13.6 Å². The summed E-state index contributed by atoms with van der Waals surface area (Å²) in [6.45, 7) is 11.4. The van der Waals surface area contributed by atoms with Gasteiger partial charge in [0.25, 0.3) is 0 Å². The summed E-state index contributed by atoms with van der Waals surface area (Å²) in [4.78, 5) is 10.8. The molecule has 0 saturated heterocycles. The maximum Gasteiger partial charge on any atom is 0.396 e. The Hall–Kier alpha value is -0.640. The van der Waals surface area contributed by atoms with Crippen LogP contribution in [-0.4, -0.2) is 18.2 Å². The van der Waals surface area contributed by atoms with Crippen LogP contribution in [0.25, 0.3) is 0 Å². The van der Waals surface area contributed by atoms with Gasteiger partial charge in [0.1, 0.15) is 0 Å². The van der Waals surface area contributed by atoms with Gasteiger partial charge in [0.05, 0.1) is 12.2 Å². The smallest absolute Gasteiger partial charge is 0.396 e. The van der Waals surface area contributed by atoms with E-state index in [0.717, 1.165) is 0 Å². The van der Waals surface area contributed by atoms with Crippen molar-refractivity contribution in [3.8, 4) is 0 Å².